The van der Waals surface area contributed by atoms with Gasteiger partial charge in [0.15, 0.2) is 5.05 Å². The van der Waals surface area contributed by atoms with Crippen molar-refractivity contribution < 1.29 is 14.6 Å². The van der Waals surface area contributed by atoms with E-state index in [0.717, 1.165) is 0 Å². The number of benzene rings is 1. The summed E-state index contributed by atoms with van der Waals surface area (Å²) in [6.45, 7) is 0. The average Bonchev–Trinajstić information content (AvgIpc) is 2.16. The summed E-state index contributed by atoms with van der Waals surface area (Å²) in [4.78, 5) is 0. The molecule has 0 spiro atoms. The highest BCUT2D eigenvalue weighted by Crippen LogP contribution is 2.24. The summed E-state index contributed by atoms with van der Waals surface area (Å²) >= 11 is 4.87. The van der Waals surface area contributed by atoms with Gasteiger partial charge in [-0.2, -0.15) is 0 Å². The Morgan fingerprint density at radius 3 is 2.54 bits per heavy atom. The van der Waals surface area contributed by atoms with Gasteiger partial charge in [-0.15, -0.1) is 0 Å². The quantitative estimate of drug-likeness (QED) is 0.734. The van der Waals surface area contributed by atoms with Crippen molar-refractivity contribution in [3.05, 3.63) is 23.8 Å². The molecule has 0 unspecified atom stereocenters. The molecule has 1 N–H and O–H groups in total. The largest absolute Gasteiger partial charge is 0.507 e. The topological polar surface area (TPSA) is 38.7 Å². The third kappa shape index (κ3) is 2.09. The maximum absolute atomic E-state index is 9.48. The lowest BCUT2D eigenvalue weighted by atomic mass is 10.2. The van der Waals surface area contributed by atoms with Crippen LogP contribution >= 0.6 is 12.2 Å². The molecule has 1 aromatic rings. The van der Waals surface area contributed by atoms with Crippen molar-refractivity contribution in [3.63, 3.8) is 0 Å². The molecule has 0 aliphatic rings. The molecule has 13 heavy (non-hydrogen) atoms. The first kappa shape index (κ1) is 9.80. The fourth-order valence-corrected chi connectivity index (χ4v) is 1.09. The molecular weight excluding hydrogens is 188 g/mol. The van der Waals surface area contributed by atoms with Crippen molar-refractivity contribution >= 4 is 17.3 Å². The van der Waals surface area contributed by atoms with Gasteiger partial charge >= 0.3 is 0 Å². The molecule has 0 bridgehead atoms. The molecule has 0 aromatic heterocycles. The van der Waals surface area contributed by atoms with Crippen molar-refractivity contribution in [2.45, 2.75) is 0 Å². The molecule has 0 fully saturated rings. The predicted octanol–water partition coefficient (Wildman–Crippen LogP) is 1.72. The molecule has 0 aliphatic carbocycles. The van der Waals surface area contributed by atoms with Crippen LogP contribution in [0.25, 0.3) is 0 Å². The van der Waals surface area contributed by atoms with Gasteiger partial charge < -0.3 is 14.6 Å². The number of thiocarbonyl (C=S) groups is 1. The summed E-state index contributed by atoms with van der Waals surface area (Å²) in [5.41, 5.74) is 0.498. The zero-order valence-electron chi connectivity index (χ0n) is 7.40. The lowest BCUT2D eigenvalue weighted by Crippen LogP contribution is -1.99. The molecule has 1 aromatic carbocycles. The minimum absolute atomic E-state index is 0.0613. The second-order valence-corrected chi connectivity index (χ2v) is 2.75. The number of aromatic hydroxyl groups is 1. The number of hydrogen-bond acceptors (Lipinski definition) is 4. The minimum atomic E-state index is 0.0613. The summed E-state index contributed by atoms with van der Waals surface area (Å²) in [5, 5.41) is 9.74. The molecule has 0 amide bonds. The molecule has 0 aliphatic heterocycles. The van der Waals surface area contributed by atoms with E-state index in [1.807, 2.05) is 0 Å². The SMILES string of the molecule is COC(=S)c1ccc(OC)cc1O. The first-order chi connectivity index (χ1) is 6.19. The zero-order valence-corrected chi connectivity index (χ0v) is 8.22. The van der Waals surface area contributed by atoms with Crippen molar-refractivity contribution in [2.75, 3.05) is 14.2 Å². The Labute approximate surface area is 81.9 Å². The first-order valence-corrected chi connectivity index (χ1v) is 4.05. The third-order valence-electron chi connectivity index (χ3n) is 1.61. The summed E-state index contributed by atoms with van der Waals surface area (Å²) in [5.74, 6) is 0.645. The summed E-state index contributed by atoms with van der Waals surface area (Å²) < 4.78 is 9.74. The van der Waals surface area contributed by atoms with Gasteiger partial charge in [0.1, 0.15) is 11.5 Å². The van der Waals surface area contributed by atoms with Gasteiger partial charge in [0, 0.05) is 6.07 Å². The number of hydrogen-bond donors (Lipinski definition) is 1. The fourth-order valence-electron chi connectivity index (χ4n) is 0.921. The lowest BCUT2D eigenvalue weighted by molar-refractivity contribution is 0.401. The summed E-state index contributed by atoms with van der Waals surface area (Å²) in [7, 11) is 3.00. The molecule has 0 saturated heterocycles. The van der Waals surface area contributed by atoms with Crippen LogP contribution in [0.4, 0.5) is 0 Å². The minimum Gasteiger partial charge on any atom is -0.507 e. The van der Waals surface area contributed by atoms with Crippen molar-refractivity contribution in [3.8, 4) is 11.5 Å². The van der Waals surface area contributed by atoms with Crippen LogP contribution in [0.15, 0.2) is 18.2 Å². The van der Waals surface area contributed by atoms with E-state index in [1.165, 1.54) is 20.3 Å². The maximum atomic E-state index is 9.48. The molecule has 4 heteroatoms. The van der Waals surface area contributed by atoms with Gasteiger partial charge in [0.2, 0.25) is 0 Å². The van der Waals surface area contributed by atoms with E-state index >= 15 is 0 Å². The van der Waals surface area contributed by atoms with Gasteiger partial charge in [-0.25, -0.2) is 0 Å². The molecule has 0 radical (unpaired) electrons. The van der Waals surface area contributed by atoms with E-state index in [0.29, 0.717) is 11.3 Å². The fraction of sp³-hybridized carbons (Fsp3) is 0.222. The van der Waals surface area contributed by atoms with E-state index in [9.17, 15) is 5.11 Å². The normalized spacial score (nSPS) is 9.38. The van der Waals surface area contributed by atoms with Crippen molar-refractivity contribution in [1.29, 1.82) is 0 Å². The average molecular weight is 198 g/mol. The Hall–Kier alpha value is -1.29. The summed E-state index contributed by atoms with van der Waals surface area (Å²) in [6, 6.07) is 4.85. The Morgan fingerprint density at radius 1 is 1.38 bits per heavy atom. The van der Waals surface area contributed by atoms with Crippen LogP contribution in [0.1, 0.15) is 5.56 Å². The Morgan fingerprint density at radius 2 is 2.08 bits per heavy atom. The van der Waals surface area contributed by atoms with Crippen LogP contribution in [0.5, 0.6) is 11.5 Å². The Kier molecular flexibility index (Phi) is 3.08. The predicted molar refractivity (Wildman–Crippen MR) is 53.4 cm³/mol. The van der Waals surface area contributed by atoms with E-state index in [-0.39, 0.29) is 10.8 Å². The van der Waals surface area contributed by atoms with Crippen LogP contribution < -0.4 is 4.74 Å². The van der Waals surface area contributed by atoms with Gasteiger partial charge in [-0.05, 0) is 24.4 Å². The van der Waals surface area contributed by atoms with Crippen LogP contribution in [-0.2, 0) is 4.74 Å². The van der Waals surface area contributed by atoms with Gasteiger partial charge in [0.25, 0.3) is 0 Å². The zero-order chi connectivity index (χ0) is 9.84. The van der Waals surface area contributed by atoms with Gasteiger partial charge in [-0.3, -0.25) is 0 Å². The van der Waals surface area contributed by atoms with Gasteiger partial charge in [0.05, 0.1) is 19.8 Å². The Bertz CT molecular complexity index is 323. The van der Waals surface area contributed by atoms with Crippen LogP contribution in [0.2, 0.25) is 0 Å². The monoisotopic (exact) mass is 198 g/mol. The summed E-state index contributed by atoms with van der Waals surface area (Å²) in [6.07, 6.45) is 0. The molecular formula is C9H10O3S. The number of phenolic OH excluding ortho intramolecular Hbond substituents is 1. The van der Waals surface area contributed by atoms with Gasteiger partial charge in [-0.1, -0.05) is 0 Å². The highest BCUT2D eigenvalue weighted by atomic mass is 32.1. The molecule has 0 saturated carbocycles. The smallest absolute Gasteiger partial charge is 0.194 e. The first-order valence-electron chi connectivity index (χ1n) is 3.64. The van der Waals surface area contributed by atoms with Crippen molar-refractivity contribution in [2.24, 2.45) is 0 Å². The number of rotatable bonds is 2. The number of ether oxygens (including phenoxy) is 2. The van der Waals surface area contributed by atoms with E-state index in [2.05, 4.69) is 0 Å². The second-order valence-electron chi connectivity index (χ2n) is 2.37. The van der Waals surface area contributed by atoms with Crippen molar-refractivity contribution in [1.82, 2.24) is 0 Å². The van der Waals surface area contributed by atoms with E-state index in [1.54, 1.807) is 12.1 Å². The highest BCUT2D eigenvalue weighted by Gasteiger charge is 2.07. The standard InChI is InChI=1S/C9H10O3S/c1-11-6-3-4-7(8(10)5-6)9(13)12-2/h3-5,10H,1-2H3. The maximum Gasteiger partial charge on any atom is 0.194 e. The van der Waals surface area contributed by atoms with E-state index in [4.69, 9.17) is 21.7 Å². The molecule has 1 rings (SSSR count). The molecule has 0 heterocycles. The van der Waals surface area contributed by atoms with Crippen LogP contribution in [-0.4, -0.2) is 24.4 Å². The second kappa shape index (κ2) is 4.09. The molecule has 70 valence electrons. The van der Waals surface area contributed by atoms with E-state index < -0.39 is 0 Å². The number of methoxy groups -OCH3 is 2. The van der Waals surface area contributed by atoms with Crippen LogP contribution in [0.3, 0.4) is 0 Å². The lowest BCUT2D eigenvalue weighted by Gasteiger charge is -2.06. The third-order valence-corrected chi connectivity index (χ3v) is 2.00. The Balaban J connectivity index is 3.05. The molecule has 3 nitrogen and oxygen atoms in total. The number of phenols is 1. The van der Waals surface area contributed by atoms with Crippen LogP contribution in [0, 0.1) is 0 Å². The highest BCUT2D eigenvalue weighted by molar-refractivity contribution is 7.80. The molecule has 0 atom stereocenters.